The van der Waals surface area contributed by atoms with Gasteiger partial charge in [-0.05, 0) is 49.2 Å². The summed E-state index contributed by atoms with van der Waals surface area (Å²) in [7, 11) is 1.19. The molecule has 15 heteroatoms. The Labute approximate surface area is 246 Å². The lowest BCUT2D eigenvalue weighted by Crippen LogP contribution is -2.48. The van der Waals surface area contributed by atoms with Crippen LogP contribution in [0.5, 0.6) is 0 Å². The smallest absolute Gasteiger partial charge is 0.427 e. The van der Waals surface area contributed by atoms with Crippen LogP contribution in [0, 0.1) is 24.1 Å². The van der Waals surface area contributed by atoms with Gasteiger partial charge in [0, 0.05) is 37.5 Å². The second-order valence-corrected chi connectivity index (χ2v) is 10.6. The van der Waals surface area contributed by atoms with E-state index in [4.69, 9.17) is 37.5 Å². The summed E-state index contributed by atoms with van der Waals surface area (Å²) in [5, 5.41) is 11.6. The maximum atomic E-state index is 14.4. The van der Waals surface area contributed by atoms with Crippen LogP contribution in [-0.4, -0.2) is 53.5 Å². The zero-order valence-corrected chi connectivity index (χ0v) is 23.7. The van der Waals surface area contributed by atoms with Gasteiger partial charge in [0.1, 0.15) is 12.2 Å². The lowest BCUT2D eigenvalue weighted by Gasteiger charge is -2.29. The molecule has 0 saturated heterocycles. The SMILES string of the molecule is COC(C)C(=O)N(C(=O)OC1(C#N)CC1)C(=O)c1ccc(C2=NOC(c3cc(Cl)c(F)c(Cl)c3)(C(F)(F)F)C2)cc1C. The highest BCUT2D eigenvalue weighted by molar-refractivity contribution is 6.35. The first kappa shape index (κ1) is 31.2. The van der Waals surface area contributed by atoms with Crippen LogP contribution in [0.25, 0.3) is 0 Å². The maximum Gasteiger partial charge on any atom is 0.435 e. The van der Waals surface area contributed by atoms with Gasteiger partial charge in [0.05, 0.1) is 15.8 Å². The Morgan fingerprint density at radius 1 is 1.17 bits per heavy atom. The first-order valence-corrected chi connectivity index (χ1v) is 13.0. The normalized spacial score (nSPS) is 19.7. The molecule has 0 aromatic heterocycles. The molecule has 1 saturated carbocycles. The van der Waals surface area contributed by atoms with E-state index in [-0.39, 0.29) is 40.1 Å². The number of hydrogen-bond acceptors (Lipinski definition) is 8. The molecule has 222 valence electrons. The van der Waals surface area contributed by atoms with Crippen LogP contribution in [0.15, 0.2) is 35.5 Å². The molecule has 1 aliphatic heterocycles. The summed E-state index contributed by atoms with van der Waals surface area (Å²) in [6.45, 7) is 2.73. The number of carbonyl (C=O) groups is 3. The van der Waals surface area contributed by atoms with E-state index in [9.17, 15) is 37.2 Å². The number of rotatable bonds is 6. The average Bonchev–Trinajstić information content (AvgIpc) is 3.54. The Hall–Kier alpha value is -3.73. The van der Waals surface area contributed by atoms with Gasteiger partial charge in [0.2, 0.25) is 0 Å². The fraction of sp³-hybridized carbons (Fsp3) is 0.370. The van der Waals surface area contributed by atoms with E-state index in [1.807, 2.05) is 6.07 Å². The molecule has 2 unspecified atom stereocenters. The van der Waals surface area contributed by atoms with Gasteiger partial charge in [0.15, 0.2) is 11.4 Å². The number of hydrogen-bond donors (Lipinski definition) is 0. The monoisotopic (exact) mass is 629 g/mol. The quantitative estimate of drug-likeness (QED) is 0.275. The number of imide groups is 3. The van der Waals surface area contributed by atoms with E-state index < -0.39 is 69.2 Å². The predicted octanol–water partition coefficient (Wildman–Crippen LogP) is 6.22. The third-order valence-corrected chi connectivity index (χ3v) is 7.47. The Balaban J connectivity index is 1.65. The van der Waals surface area contributed by atoms with Crippen molar-refractivity contribution in [2.45, 2.75) is 56.6 Å². The fourth-order valence-corrected chi connectivity index (χ4v) is 4.66. The fourth-order valence-electron chi connectivity index (χ4n) is 4.17. The van der Waals surface area contributed by atoms with Crippen LogP contribution < -0.4 is 0 Å². The van der Waals surface area contributed by atoms with E-state index in [1.54, 1.807) is 0 Å². The molecule has 0 bridgehead atoms. The van der Waals surface area contributed by atoms with E-state index >= 15 is 0 Å². The van der Waals surface area contributed by atoms with Crippen LogP contribution in [0.2, 0.25) is 10.0 Å². The molecule has 1 fully saturated rings. The minimum atomic E-state index is -5.03. The number of aryl methyl sites for hydroxylation is 1. The van der Waals surface area contributed by atoms with Crippen LogP contribution in [-0.2, 0) is 24.7 Å². The van der Waals surface area contributed by atoms with E-state index in [0.717, 1.165) is 12.1 Å². The number of carbonyl (C=O) groups excluding carboxylic acids is 3. The van der Waals surface area contributed by atoms with Gasteiger partial charge in [-0.15, -0.1) is 0 Å². The molecule has 0 radical (unpaired) electrons. The predicted molar refractivity (Wildman–Crippen MR) is 139 cm³/mol. The molecule has 2 aromatic carbocycles. The van der Waals surface area contributed by atoms with E-state index in [1.165, 1.54) is 39.2 Å². The molecular formula is C27H21Cl2F4N3O6. The summed E-state index contributed by atoms with van der Waals surface area (Å²) in [5.74, 6) is -3.24. The largest absolute Gasteiger partial charge is 0.435 e. The Kier molecular flexibility index (Phi) is 8.30. The molecule has 2 atom stereocenters. The number of halogens is 6. The summed E-state index contributed by atoms with van der Waals surface area (Å²) in [5.41, 5.74) is -5.08. The van der Waals surface area contributed by atoms with Gasteiger partial charge in [-0.1, -0.05) is 34.4 Å². The van der Waals surface area contributed by atoms with Gasteiger partial charge in [-0.2, -0.15) is 23.3 Å². The molecule has 0 spiro atoms. The van der Waals surface area contributed by atoms with Crippen LogP contribution in [0.4, 0.5) is 22.4 Å². The third-order valence-electron chi connectivity index (χ3n) is 6.92. The first-order chi connectivity index (χ1) is 19.6. The van der Waals surface area contributed by atoms with Crippen molar-refractivity contribution in [1.82, 2.24) is 4.90 Å². The van der Waals surface area contributed by atoms with E-state index in [0.29, 0.717) is 0 Å². The van der Waals surface area contributed by atoms with Crippen molar-refractivity contribution in [3.05, 3.63) is 68.4 Å². The van der Waals surface area contributed by atoms with Crippen molar-refractivity contribution >= 4 is 46.8 Å². The molecular weight excluding hydrogens is 609 g/mol. The first-order valence-electron chi connectivity index (χ1n) is 12.2. The molecule has 42 heavy (non-hydrogen) atoms. The van der Waals surface area contributed by atoms with Gasteiger partial charge in [0.25, 0.3) is 17.4 Å². The molecule has 1 heterocycles. The highest BCUT2D eigenvalue weighted by Crippen LogP contribution is 2.50. The number of ether oxygens (including phenoxy) is 2. The Morgan fingerprint density at radius 3 is 2.29 bits per heavy atom. The van der Waals surface area contributed by atoms with Gasteiger partial charge < -0.3 is 14.3 Å². The molecule has 4 rings (SSSR count). The standard InChI is InChI=1S/C27H21Cl2F4N3O6/c1-13-8-15(20-11-26(42-35-20,27(31,32)33)16-9-18(28)21(30)19(29)10-16)4-5-17(13)23(38)36(22(37)14(2)40-3)24(39)41-25(12-34)6-7-25/h4-5,8-10,14H,6-7,11H2,1-3H3. The second kappa shape index (κ2) is 11.2. The molecule has 2 aliphatic rings. The Morgan fingerprint density at radius 2 is 1.79 bits per heavy atom. The van der Waals surface area contributed by atoms with Crippen molar-refractivity contribution in [2.75, 3.05) is 7.11 Å². The van der Waals surface area contributed by atoms with Crippen molar-refractivity contribution in [2.24, 2.45) is 5.16 Å². The van der Waals surface area contributed by atoms with Gasteiger partial charge in [-0.25, -0.2) is 9.18 Å². The van der Waals surface area contributed by atoms with Crippen molar-refractivity contribution in [3.63, 3.8) is 0 Å². The summed E-state index contributed by atoms with van der Waals surface area (Å²) in [4.78, 5) is 44.3. The number of nitriles is 1. The second-order valence-electron chi connectivity index (χ2n) is 9.75. The van der Waals surface area contributed by atoms with Crippen LogP contribution >= 0.6 is 23.2 Å². The number of methoxy groups -OCH3 is 1. The summed E-state index contributed by atoms with van der Waals surface area (Å²) in [6, 6.07) is 7.10. The number of alkyl halides is 3. The van der Waals surface area contributed by atoms with Gasteiger partial charge in [-0.3, -0.25) is 9.59 Å². The highest BCUT2D eigenvalue weighted by atomic mass is 35.5. The van der Waals surface area contributed by atoms with Crippen LogP contribution in [0.3, 0.4) is 0 Å². The number of benzene rings is 2. The molecule has 3 amide bonds. The van der Waals surface area contributed by atoms with Crippen molar-refractivity contribution in [3.8, 4) is 6.07 Å². The number of nitrogens with zero attached hydrogens (tertiary/aromatic N) is 3. The minimum Gasteiger partial charge on any atom is -0.427 e. The third kappa shape index (κ3) is 5.54. The van der Waals surface area contributed by atoms with Crippen LogP contribution in [0.1, 0.15) is 53.2 Å². The van der Waals surface area contributed by atoms with Crippen molar-refractivity contribution in [1.29, 1.82) is 5.26 Å². The summed E-state index contributed by atoms with van der Waals surface area (Å²) < 4.78 is 67.0. The lowest BCUT2D eigenvalue weighted by atomic mass is 9.86. The molecule has 2 aromatic rings. The van der Waals surface area contributed by atoms with Gasteiger partial charge >= 0.3 is 12.3 Å². The zero-order valence-electron chi connectivity index (χ0n) is 22.1. The van der Waals surface area contributed by atoms with Crippen molar-refractivity contribution < 1.29 is 46.3 Å². The summed E-state index contributed by atoms with van der Waals surface area (Å²) in [6.07, 6.45) is -8.00. The minimum absolute atomic E-state index is 0.126. The molecule has 0 N–H and O–H groups in total. The number of amides is 3. The average molecular weight is 630 g/mol. The molecule has 9 nitrogen and oxygen atoms in total. The topological polar surface area (TPSA) is 118 Å². The van der Waals surface area contributed by atoms with E-state index in [2.05, 4.69) is 5.16 Å². The highest BCUT2D eigenvalue weighted by Gasteiger charge is 2.62. The Bertz CT molecular complexity index is 1530. The zero-order chi connectivity index (χ0) is 31.2. The maximum absolute atomic E-state index is 14.4. The molecule has 1 aliphatic carbocycles. The summed E-state index contributed by atoms with van der Waals surface area (Å²) >= 11 is 11.5. The lowest BCUT2D eigenvalue weighted by molar-refractivity contribution is -0.275. The number of oxime groups is 1.